The van der Waals surface area contributed by atoms with Gasteiger partial charge in [-0.15, -0.1) is 0 Å². The van der Waals surface area contributed by atoms with E-state index in [1.807, 2.05) is 12.1 Å². The van der Waals surface area contributed by atoms with Crippen molar-refractivity contribution in [3.05, 3.63) is 33.8 Å². The summed E-state index contributed by atoms with van der Waals surface area (Å²) in [4.78, 5) is 23.5. The van der Waals surface area contributed by atoms with Crippen LogP contribution in [-0.2, 0) is 9.59 Å². The van der Waals surface area contributed by atoms with Crippen LogP contribution < -0.4 is 21.5 Å². The van der Waals surface area contributed by atoms with E-state index in [4.69, 9.17) is 23.2 Å². The highest BCUT2D eigenvalue weighted by Gasteiger charge is 2.29. The molecular weight excluding hydrogens is 363 g/mol. The Morgan fingerprint density at radius 1 is 1.12 bits per heavy atom. The minimum absolute atomic E-state index is 0.0272. The van der Waals surface area contributed by atoms with Crippen molar-refractivity contribution in [3.63, 3.8) is 0 Å². The smallest absolute Gasteiger partial charge is 0.223 e. The number of amides is 2. The van der Waals surface area contributed by atoms with Crippen LogP contribution in [0.5, 0.6) is 0 Å². The van der Waals surface area contributed by atoms with Crippen LogP contribution in [0.3, 0.4) is 0 Å². The number of carbonyl (C=O) groups excluding carboxylic acids is 2. The number of hydrazine groups is 1. The average Bonchev–Trinajstić information content (AvgIpc) is 3.30. The number of hydrogen-bond donors (Lipinski definition) is 4. The number of halogens is 2. The van der Waals surface area contributed by atoms with Gasteiger partial charge in [-0.05, 0) is 43.0 Å². The molecule has 1 saturated carbocycles. The van der Waals surface area contributed by atoms with E-state index in [1.54, 1.807) is 6.07 Å². The van der Waals surface area contributed by atoms with Crippen LogP contribution in [0.25, 0.3) is 0 Å². The Balaban J connectivity index is 1.37. The first-order valence-corrected chi connectivity index (χ1v) is 9.31. The van der Waals surface area contributed by atoms with Crippen LogP contribution in [0.4, 0.5) is 0 Å². The van der Waals surface area contributed by atoms with Gasteiger partial charge < -0.3 is 10.6 Å². The summed E-state index contributed by atoms with van der Waals surface area (Å²) in [6, 6.07) is 5.44. The normalized spacial score (nSPS) is 22.6. The molecule has 136 valence electrons. The Kier molecular flexibility index (Phi) is 6.17. The second kappa shape index (κ2) is 8.36. The lowest BCUT2D eigenvalue weighted by Crippen LogP contribution is -2.44. The Morgan fingerprint density at radius 2 is 1.84 bits per heavy atom. The Labute approximate surface area is 157 Å². The van der Waals surface area contributed by atoms with Crippen LogP contribution in [0.15, 0.2) is 18.2 Å². The summed E-state index contributed by atoms with van der Waals surface area (Å²) in [5.74, 6) is 0.286. The highest BCUT2D eigenvalue weighted by atomic mass is 35.5. The van der Waals surface area contributed by atoms with Crippen molar-refractivity contribution >= 4 is 35.0 Å². The average molecular weight is 385 g/mol. The first kappa shape index (κ1) is 18.5. The Hall–Kier alpha value is -1.34. The molecular formula is C17H22Cl2N4O2. The van der Waals surface area contributed by atoms with Gasteiger partial charge in [-0.1, -0.05) is 23.2 Å². The standard InChI is InChI=1S/C17H22Cl2N4O2/c18-12-6-11(7-13(19)8-12)14-9-15(23-22-14)21-16(24)2-1-5-20-17(25)10-3-4-10/h6-8,10,14-15,22-23H,1-5,9H2,(H,20,25)(H,21,24). The molecule has 0 radical (unpaired) electrons. The van der Waals surface area contributed by atoms with Crippen molar-refractivity contribution < 1.29 is 9.59 Å². The van der Waals surface area contributed by atoms with Crippen molar-refractivity contribution in [1.82, 2.24) is 21.5 Å². The molecule has 0 bridgehead atoms. The predicted octanol–water partition coefficient (Wildman–Crippen LogP) is 2.28. The third kappa shape index (κ3) is 5.57. The van der Waals surface area contributed by atoms with Gasteiger partial charge in [0.2, 0.25) is 11.8 Å². The van der Waals surface area contributed by atoms with Gasteiger partial charge in [-0.2, -0.15) is 0 Å². The van der Waals surface area contributed by atoms with Crippen molar-refractivity contribution in [3.8, 4) is 0 Å². The van der Waals surface area contributed by atoms with Gasteiger partial charge in [0.25, 0.3) is 0 Å². The molecule has 1 heterocycles. The Morgan fingerprint density at radius 3 is 2.52 bits per heavy atom. The summed E-state index contributed by atoms with van der Waals surface area (Å²) in [6.45, 7) is 0.544. The first-order chi connectivity index (χ1) is 12.0. The SMILES string of the molecule is O=C(CCCNC(=O)C1CC1)NC1CC(c2cc(Cl)cc(Cl)c2)NN1. The highest BCUT2D eigenvalue weighted by molar-refractivity contribution is 6.34. The molecule has 3 rings (SSSR count). The monoisotopic (exact) mass is 384 g/mol. The van der Waals surface area contributed by atoms with E-state index in [-0.39, 0.29) is 29.9 Å². The lowest BCUT2D eigenvalue weighted by Gasteiger charge is -2.12. The number of rotatable bonds is 7. The summed E-state index contributed by atoms with van der Waals surface area (Å²) < 4.78 is 0. The first-order valence-electron chi connectivity index (χ1n) is 8.55. The number of benzene rings is 1. The molecule has 0 aromatic heterocycles. The molecule has 2 unspecified atom stereocenters. The van der Waals surface area contributed by atoms with Crippen LogP contribution in [-0.4, -0.2) is 24.5 Å². The minimum Gasteiger partial charge on any atom is -0.356 e. The van der Waals surface area contributed by atoms with Crippen molar-refractivity contribution in [2.24, 2.45) is 5.92 Å². The highest BCUT2D eigenvalue weighted by Crippen LogP contribution is 2.29. The third-order valence-corrected chi connectivity index (χ3v) is 4.79. The summed E-state index contributed by atoms with van der Waals surface area (Å²) in [5, 5.41) is 6.98. The third-order valence-electron chi connectivity index (χ3n) is 4.35. The molecule has 1 aliphatic carbocycles. The summed E-state index contributed by atoms with van der Waals surface area (Å²) in [6.07, 6.45) is 3.54. The molecule has 2 fully saturated rings. The van der Waals surface area contributed by atoms with E-state index in [9.17, 15) is 9.59 Å². The van der Waals surface area contributed by atoms with E-state index in [0.29, 0.717) is 35.9 Å². The molecule has 2 aliphatic rings. The minimum atomic E-state index is -0.156. The summed E-state index contributed by atoms with van der Waals surface area (Å²) in [7, 11) is 0. The van der Waals surface area contributed by atoms with Crippen LogP contribution in [0.1, 0.15) is 43.7 Å². The maximum atomic E-state index is 12.0. The van der Waals surface area contributed by atoms with E-state index < -0.39 is 0 Å². The molecule has 1 aromatic rings. The second-order valence-electron chi connectivity index (χ2n) is 6.57. The van der Waals surface area contributed by atoms with Gasteiger partial charge in [0.1, 0.15) is 0 Å². The lowest BCUT2D eigenvalue weighted by molar-refractivity contribution is -0.124. The van der Waals surface area contributed by atoms with Crippen molar-refractivity contribution in [1.29, 1.82) is 0 Å². The van der Waals surface area contributed by atoms with Crippen molar-refractivity contribution in [2.45, 2.75) is 44.3 Å². The fourth-order valence-corrected chi connectivity index (χ4v) is 3.41. The fourth-order valence-electron chi connectivity index (χ4n) is 2.86. The number of nitrogens with one attached hydrogen (secondary N) is 4. The molecule has 25 heavy (non-hydrogen) atoms. The van der Waals surface area contributed by atoms with Crippen LogP contribution >= 0.6 is 23.2 Å². The zero-order valence-electron chi connectivity index (χ0n) is 13.8. The van der Waals surface area contributed by atoms with Gasteiger partial charge in [0.05, 0.1) is 6.17 Å². The van der Waals surface area contributed by atoms with Gasteiger partial charge in [0, 0.05) is 41.4 Å². The summed E-state index contributed by atoms with van der Waals surface area (Å²) in [5.41, 5.74) is 7.19. The topological polar surface area (TPSA) is 82.3 Å². The quantitative estimate of drug-likeness (QED) is 0.543. The van der Waals surface area contributed by atoms with Crippen molar-refractivity contribution in [2.75, 3.05) is 6.54 Å². The van der Waals surface area contributed by atoms with Crippen LogP contribution in [0, 0.1) is 5.92 Å². The summed E-state index contributed by atoms with van der Waals surface area (Å²) >= 11 is 12.1. The zero-order valence-corrected chi connectivity index (χ0v) is 15.3. The van der Waals surface area contributed by atoms with E-state index in [2.05, 4.69) is 21.5 Å². The molecule has 6 nitrogen and oxygen atoms in total. The lowest BCUT2D eigenvalue weighted by atomic mass is 10.0. The Bertz CT molecular complexity index is 631. The molecule has 2 amide bonds. The second-order valence-corrected chi connectivity index (χ2v) is 7.44. The molecule has 4 N–H and O–H groups in total. The van der Waals surface area contributed by atoms with Gasteiger partial charge in [-0.3, -0.25) is 9.59 Å². The van der Waals surface area contributed by atoms with E-state index >= 15 is 0 Å². The fraction of sp³-hybridized carbons (Fsp3) is 0.529. The maximum Gasteiger partial charge on any atom is 0.223 e. The number of hydrogen-bond acceptors (Lipinski definition) is 4. The molecule has 1 saturated heterocycles. The molecule has 0 spiro atoms. The largest absolute Gasteiger partial charge is 0.356 e. The van der Waals surface area contributed by atoms with Gasteiger partial charge in [0.15, 0.2) is 0 Å². The number of carbonyl (C=O) groups is 2. The molecule has 2 atom stereocenters. The van der Waals surface area contributed by atoms with Gasteiger partial charge >= 0.3 is 0 Å². The molecule has 1 aliphatic heterocycles. The molecule has 1 aromatic carbocycles. The zero-order chi connectivity index (χ0) is 17.8. The maximum absolute atomic E-state index is 12.0. The van der Waals surface area contributed by atoms with Gasteiger partial charge in [-0.25, -0.2) is 10.9 Å². The van der Waals surface area contributed by atoms with E-state index in [1.165, 1.54) is 0 Å². The van der Waals surface area contributed by atoms with Crippen LogP contribution in [0.2, 0.25) is 10.0 Å². The molecule has 8 heteroatoms. The predicted molar refractivity (Wildman–Crippen MR) is 97.0 cm³/mol. The van der Waals surface area contributed by atoms with E-state index in [0.717, 1.165) is 18.4 Å².